The van der Waals surface area contributed by atoms with Gasteiger partial charge in [-0.15, -0.1) is 0 Å². The van der Waals surface area contributed by atoms with Crippen LogP contribution in [0.1, 0.15) is 10.5 Å². The number of halogens is 2. The topological polar surface area (TPSA) is 92.7 Å². The number of hydrogen-bond acceptors (Lipinski definition) is 4. The highest BCUT2D eigenvalue weighted by Crippen LogP contribution is 2.25. The third-order valence-corrected chi connectivity index (χ3v) is 4.31. The van der Waals surface area contributed by atoms with E-state index in [0.717, 1.165) is 15.6 Å². The quantitative estimate of drug-likeness (QED) is 0.542. The van der Waals surface area contributed by atoms with Crippen LogP contribution in [0.25, 0.3) is 22.0 Å². The molecule has 2 N–H and O–H groups in total. The fourth-order valence-electron chi connectivity index (χ4n) is 2.97. The highest BCUT2D eigenvalue weighted by Gasteiger charge is 2.13. The number of nitrogens with zero attached hydrogens (tertiary/aromatic N) is 3. The first-order valence-electron chi connectivity index (χ1n) is 8.72. The number of amides is 1. The molecular weight excluding hydrogens is 380 g/mol. The van der Waals surface area contributed by atoms with Gasteiger partial charge in [0.15, 0.2) is 5.69 Å². The number of alkyl halides is 2. The number of carbonyl (C=O) groups excluding carboxylic acids is 1. The second-order valence-electron chi connectivity index (χ2n) is 6.29. The summed E-state index contributed by atoms with van der Waals surface area (Å²) in [6, 6.07) is 15.4. The minimum absolute atomic E-state index is 0.0445. The van der Waals surface area contributed by atoms with Crippen molar-refractivity contribution in [3.8, 4) is 11.3 Å². The first-order valence-corrected chi connectivity index (χ1v) is 8.72. The van der Waals surface area contributed by atoms with Gasteiger partial charge in [-0.2, -0.15) is 10.2 Å². The summed E-state index contributed by atoms with van der Waals surface area (Å²) in [4.78, 5) is 24.2. The van der Waals surface area contributed by atoms with E-state index in [0.29, 0.717) is 16.8 Å². The molecule has 9 heteroatoms. The molecule has 0 unspecified atom stereocenters. The van der Waals surface area contributed by atoms with Crippen molar-refractivity contribution in [2.75, 3.05) is 5.32 Å². The Kier molecular flexibility index (Phi) is 4.86. The highest BCUT2D eigenvalue weighted by molar-refractivity contribution is 6.03. The van der Waals surface area contributed by atoms with Gasteiger partial charge in [-0.3, -0.25) is 14.3 Å². The normalized spacial score (nSPS) is 11.1. The number of nitrogens with one attached hydrogen (secondary N) is 2. The van der Waals surface area contributed by atoms with E-state index in [2.05, 4.69) is 20.6 Å². The van der Waals surface area contributed by atoms with Gasteiger partial charge in [0.05, 0.1) is 11.1 Å². The average Bonchev–Trinajstić information content (AvgIpc) is 3.17. The van der Waals surface area contributed by atoms with E-state index < -0.39 is 18.9 Å². The van der Waals surface area contributed by atoms with Crippen molar-refractivity contribution in [2.24, 2.45) is 0 Å². The zero-order valence-electron chi connectivity index (χ0n) is 15.0. The van der Waals surface area contributed by atoms with Gasteiger partial charge in [-0.05, 0) is 24.3 Å². The molecule has 0 spiro atoms. The van der Waals surface area contributed by atoms with Crippen molar-refractivity contribution in [1.29, 1.82) is 0 Å². The number of aromatic nitrogens is 4. The minimum atomic E-state index is -2.55. The van der Waals surface area contributed by atoms with Crippen LogP contribution in [0, 0.1) is 0 Å². The third kappa shape index (κ3) is 3.88. The molecule has 4 aromatic rings. The Morgan fingerprint density at radius 1 is 1.07 bits per heavy atom. The highest BCUT2D eigenvalue weighted by atomic mass is 19.3. The molecule has 0 radical (unpaired) electrons. The summed E-state index contributed by atoms with van der Waals surface area (Å²) in [5.74, 6) is -0.501. The van der Waals surface area contributed by atoms with E-state index in [4.69, 9.17) is 0 Å². The molecule has 0 aliphatic carbocycles. The SMILES string of the molecule is O=C(Nc1ccc(-c2n[nH]c(=O)c3ccccc23)cc1)c1ccn(CC(F)F)n1. The Morgan fingerprint density at radius 3 is 2.52 bits per heavy atom. The second kappa shape index (κ2) is 7.63. The summed E-state index contributed by atoms with van der Waals surface area (Å²) >= 11 is 0. The van der Waals surface area contributed by atoms with Gasteiger partial charge in [-0.1, -0.05) is 30.3 Å². The van der Waals surface area contributed by atoms with Crippen molar-refractivity contribution in [2.45, 2.75) is 13.0 Å². The third-order valence-electron chi connectivity index (χ3n) is 4.31. The second-order valence-corrected chi connectivity index (χ2v) is 6.29. The summed E-state index contributed by atoms with van der Waals surface area (Å²) in [6.45, 7) is -0.567. The molecule has 0 saturated carbocycles. The largest absolute Gasteiger partial charge is 0.321 e. The molecule has 0 aliphatic heterocycles. The number of carbonyl (C=O) groups is 1. The Bertz CT molecular complexity index is 1230. The minimum Gasteiger partial charge on any atom is -0.321 e. The standard InChI is InChI=1S/C20H15F2N5O2/c21-17(22)11-27-10-9-16(26-27)20(29)23-13-7-5-12(6-8-13)18-14-3-1-2-4-15(14)19(28)25-24-18/h1-10,17H,11H2,(H,23,29)(H,25,28). The zero-order chi connectivity index (χ0) is 20.4. The van der Waals surface area contributed by atoms with Crippen molar-refractivity contribution in [3.05, 3.63) is 76.8 Å². The predicted octanol–water partition coefficient (Wildman–Crippen LogP) is 3.30. The summed E-state index contributed by atoms with van der Waals surface area (Å²) in [6.07, 6.45) is -1.21. The molecule has 1 amide bonds. The number of H-pyrrole nitrogens is 1. The van der Waals surface area contributed by atoms with Gasteiger partial charge >= 0.3 is 0 Å². The average molecular weight is 395 g/mol. The lowest BCUT2D eigenvalue weighted by Gasteiger charge is -2.07. The van der Waals surface area contributed by atoms with Crippen LogP contribution in [-0.2, 0) is 6.54 Å². The molecule has 2 heterocycles. The van der Waals surface area contributed by atoms with E-state index in [9.17, 15) is 18.4 Å². The molecule has 7 nitrogen and oxygen atoms in total. The monoisotopic (exact) mass is 395 g/mol. The molecule has 0 bridgehead atoms. The van der Waals surface area contributed by atoms with E-state index in [1.165, 1.54) is 12.3 Å². The molecule has 2 aromatic carbocycles. The zero-order valence-corrected chi connectivity index (χ0v) is 15.0. The smallest absolute Gasteiger partial charge is 0.276 e. The predicted molar refractivity (Wildman–Crippen MR) is 104 cm³/mol. The van der Waals surface area contributed by atoms with E-state index >= 15 is 0 Å². The lowest BCUT2D eigenvalue weighted by Crippen LogP contribution is -2.14. The summed E-state index contributed by atoms with van der Waals surface area (Å²) in [7, 11) is 0. The van der Waals surface area contributed by atoms with Crippen LogP contribution < -0.4 is 10.9 Å². The van der Waals surface area contributed by atoms with Gasteiger partial charge in [0.2, 0.25) is 0 Å². The number of benzene rings is 2. The fraction of sp³-hybridized carbons (Fsp3) is 0.100. The lowest BCUT2D eigenvalue weighted by molar-refractivity contribution is 0.101. The van der Waals surface area contributed by atoms with E-state index in [1.807, 2.05) is 12.1 Å². The van der Waals surface area contributed by atoms with Crippen LogP contribution in [0.2, 0.25) is 0 Å². The van der Waals surface area contributed by atoms with E-state index in [1.54, 1.807) is 36.4 Å². The number of fused-ring (bicyclic) bond motifs is 1. The molecule has 29 heavy (non-hydrogen) atoms. The Morgan fingerprint density at radius 2 is 1.79 bits per heavy atom. The maximum atomic E-state index is 12.4. The number of anilines is 1. The number of hydrogen-bond donors (Lipinski definition) is 2. The van der Waals surface area contributed by atoms with Gasteiger partial charge in [-0.25, -0.2) is 13.9 Å². The maximum Gasteiger partial charge on any atom is 0.276 e. The Balaban J connectivity index is 1.54. The molecule has 0 fully saturated rings. The molecule has 0 aliphatic rings. The lowest BCUT2D eigenvalue weighted by atomic mass is 10.0. The van der Waals surface area contributed by atoms with Crippen molar-refractivity contribution in [1.82, 2.24) is 20.0 Å². The van der Waals surface area contributed by atoms with Crippen molar-refractivity contribution >= 4 is 22.4 Å². The van der Waals surface area contributed by atoms with Gasteiger partial charge < -0.3 is 5.32 Å². The van der Waals surface area contributed by atoms with Crippen LogP contribution in [0.5, 0.6) is 0 Å². The first kappa shape index (κ1) is 18.5. The van der Waals surface area contributed by atoms with Gasteiger partial charge in [0.25, 0.3) is 17.9 Å². The molecule has 146 valence electrons. The summed E-state index contributed by atoms with van der Waals surface area (Å²) in [5.41, 5.74) is 1.67. The van der Waals surface area contributed by atoms with Crippen LogP contribution >= 0.6 is 0 Å². The van der Waals surface area contributed by atoms with Gasteiger partial charge in [0, 0.05) is 22.8 Å². The van der Waals surface area contributed by atoms with Crippen LogP contribution in [-0.4, -0.2) is 32.3 Å². The molecule has 2 aromatic heterocycles. The number of aromatic amines is 1. The molecule has 0 atom stereocenters. The van der Waals surface area contributed by atoms with Crippen LogP contribution in [0.15, 0.2) is 65.6 Å². The Labute approximate surface area is 163 Å². The first-order chi connectivity index (χ1) is 14.0. The fourth-order valence-corrected chi connectivity index (χ4v) is 2.97. The maximum absolute atomic E-state index is 12.4. The van der Waals surface area contributed by atoms with Crippen molar-refractivity contribution in [3.63, 3.8) is 0 Å². The Hall–Kier alpha value is -3.88. The number of rotatable bonds is 5. The summed E-state index contributed by atoms with van der Waals surface area (Å²) < 4.78 is 25.8. The molecular formula is C20H15F2N5O2. The van der Waals surface area contributed by atoms with Crippen LogP contribution in [0.3, 0.4) is 0 Å². The van der Waals surface area contributed by atoms with Crippen molar-refractivity contribution < 1.29 is 13.6 Å². The van der Waals surface area contributed by atoms with Crippen LogP contribution in [0.4, 0.5) is 14.5 Å². The van der Waals surface area contributed by atoms with Gasteiger partial charge in [0.1, 0.15) is 6.54 Å². The molecule has 0 saturated heterocycles. The van der Waals surface area contributed by atoms with E-state index in [-0.39, 0.29) is 11.3 Å². The summed E-state index contributed by atoms with van der Waals surface area (Å²) in [5, 5.41) is 14.4. The molecule has 4 rings (SSSR count).